The van der Waals surface area contributed by atoms with Gasteiger partial charge in [-0.15, -0.1) is 0 Å². The van der Waals surface area contributed by atoms with E-state index in [0.29, 0.717) is 29.5 Å². The van der Waals surface area contributed by atoms with Crippen LogP contribution in [0.5, 0.6) is 0 Å². The van der Waals surface area contributed by atoms with E-state index in [1.165, 1.54) is 50.1 Å². The molecule has 0 spiro atoms. The Morgan fingerprint density at radius 2 is 1.89 bits per heavy atom. The number of hydrogen-bond donors (Lipinski definition) is 2. The van der Waals surface area contributed by atoms with Gasteiger partial charge in [-0.05, 0) is 47.4 Å². The second-order valence-corrected chi connectivity index (χ2v) is 10.4. The first kappa shape index (κ1) is 21.7. The second kappa shape index (κ2) is 9.04. The van der Waals surface area contributed by atoms with Crippen LogP contribution in [-0.4, -0.2) is 34.2 Å². The molecular formula is C20H32FN3O2S. The fourth-order valence-electron chi connectivity index (χ4n) is 3.75. The number of sulfone groups is 1. The van der Waals surface area contributed by atoms with Gasteiger partial charge in [0.25, 0.3) is 0 Å². The van der Waals surface area contributed by atoms with Crippen LogP contribution in [0.3, 0.4) is 0 Å². The first-order chi connectivity index (χ1) is 12.6. The van der Waals surface area contributed by atoms with E-state index in [0.717, 1.165) is 6.54 Å². The monoisotopic (exact) mass is 397 g/mol. The molecule has 27 heavy (non-hydrogen) atoms. The highest BCUT2D eigenvalue weighted by Crippen LogP contribution is 2.38. The molecule has 0 aliphatic heterocycles. The van der Waals surface area contributed by atoms with E-state index in [9.17, 15) is 12.8 Å². The molecule has 1 saturated carbocycles. The zero-order valence-electron chi connectivity index (χ0n) is 16.8. The molecule has 0 bridgehead atoms. The summed E-state index contributed by atoms with van der Waals surface area (Å²) in [7, 11) is -1.50. The Morgan fingerprint density at radius 1 is 1.22 bits per heavy atom. The van der Waals surface area contributed by atoms with Crippen molar-refractivity contribution >= 4 is 15.8 Å². The predicted octanol–water partition coefficient (Wildman–Crippen LogP) is 3.25. The van der Waals surface area contributed by atoms with Crippen LogP contribution < -0.4 is 10.6 Å². The molecule has 1 aliphatic carbocycles. The van der Waals surface area contributed by atoms with E-state index in [1.807, 2.05) is 0 Å². The van der Waals surface area contributed by atoms with Gasteiger partial charge in [-0.25, -0.2) is 12.8 Å². The van der Waals surface area contributed by atoms with Crippen LogP contribution in [0.25, 0.3) is 0 Å². The van der Waals surface area contributed by atoms with Gasteiger partial charge < -0.3 is 10.6 Å². The molecule has 0 atom stereocenters. The molecule has 1 aliphatic rings. The van der Waals surface area contributed by atoms with Crippen LogP contribution in [0.1, 0.15) is 50.7 Å². The number of aliphatic imine (C=N–C) groups is 1. The summed E-state index contributed by atoms with van der Waals surface area (Å²) in [6.07, 6.45) is 6.35. The van der Waals surface area contributed by atoms with E-state index in [-0.39, 0.29) is 17.0 Å². The largest absolute Gasteiger partial charge is 0.356 e. The van der Waals surface area contributed by atoms with Gasteiger partial charge in [0.1, 0.15) is 5.82 Å². The molecule has 7 heteroatoms. The number of guanidine groups is 1. The fraction of sp³-hybridized carbons (Fsp3) is 0.650. The Bertz CT molecular complexity index is 769. The highest BCUT2D eigenvalue weighted by molar-refractivity contribution is 7.89. The zero-order valence-corrected chi connectivity index (χ0v) is 17.6. The molecule has 0 saturated heterocycles. The highest BCUT2D eigenvalue weighted by atomic mass is 32.2. The molecule has 0 amide bonds. The van der Waals surface area contributed by atoms with E-state index >= 15 is 0 Å². The van der Waals surface area contributed by atoms with Gasteiger partial charge in [-0.2, -0.15) is 0 Å². The lowest BCUT2D eigenvalue weighted by atomic mass is 9.78. The Balaban J connectivity index is 1.98. The fourth-order valence-corrected chi connectivity index (χ4v) is 4.59. The standard InChI is InChI=1S/C20H32FN3O2S/c1-20(2,17-7-5-6-8-17)14-24-19(22-3)23-12-16-11-18(21)10-9-15(16)13-27(4,25)26/h9-11,17H,5-8,12-14H2,1-4H3,(H2,22,23,24). The maximum absolute atomic E-state index is 13.6. The topological polar surface area (TPSA) is 70.6 Å². The SMILES string of the molecule is CN=C(NCc1cc(F)ccc1CS(C)(=O)=O)NCC(C)(C)C1CCCC1. The summed E-state index contributed by atoms with van der Waals surface area (Å²) in [6.45, 7) is 5.67. The van der Waals surface area contributed by atoms with Crippen molar-refractivity contribution in [2.24, 2.45) is 16.3 Å². The van der Waals surface area contributed by atoms with Crippen LogP contribution >= 0.6 is 0 Å². The second-order valence-electron chi connectivity index (χ2n) is 8.23. The molecule has 0 radical (unpaired) electrons. The van der Waals surface area contributed by atoms with Crippen molar-refractivity contribution in [3.8, 4) is 0 Å². The van der Waals surface area contributed by atoms with Gasteiger partial charge in [0.2, 0.25) is 0 Å². The number of nitrogens with zero attached hydrogens (tertiary/aromatic N) is 1. The first-order valence-electron chi connectivity index (χ1n) is 9.50. The third kappa shape index (κ3) is 6.79. The number of nitrogens with one attached hydrogen (secondary N) is 2. The first-order valence-corrected chi connectivity index (χ1v) is 11.6. The van der Waals surface area contributed by atoms with Crippen LogP contribution in [0.15, 0.2) is 23.2 Å². The normalized spacial score (nSPS) is 16.6. The van der Waals surface area contributed by atoms with Crippen LogP contribution in [0.4, 0.5) is 4.39 Å². The van der Waals surface area contributed by atoms with E-state index < -0.39 is 9.84 Å². The Morgan fingerprint density at radius 3 is 2.48 bits per heavy atom. The average molecular weight is 398 g/mol. The summed E-state index contributed by atoms with van der Waals surface area (Å²) in [4.78, 5) is 4.24. The summed E-state index contributed by atoms with van der Waals surface area (Å²) in [6, 6.07) is 4.21. The molecule has 2 rings (SSSR count). The van der Waals surface area contributed by atoms with Crippen LogP contribution in [0.2, 0.25) is 0 Å². The van der Waals surface area contributed by atoms with Crippen molar-refractivity contribution in [1.29, 1.82) is 0 Å². The van der Waals surface area contributed by atoms with E-state index in [2.05, 4.69) is 29.5 Å². The van der Waals surface area contributed by atoms with E-state index in [4.69, 9.17) is 0 Å². The third-order valence-electron chi connectivity index (χ3n) is 5.43. The van der Waals surface area contributed by atoms with Crippen molar-refractivity contribution < 1.29 is 12.8 Å². The number of benzene rings is 1. The smallest absolute Gasteiger partial charge is 0.191 e. The molecule has 152 valence electrons. The lowest BCUT2D eigenvalue weighted by molar-refractivity contribution is 0.218. The Labute approximate surface area is 162 Å². The summed E-state index contributed by atoms with van der Waals surface area (Å²) < 4.78 is 36.9. The van der Waals surface area contributed by atoms with Crippen molar-refractivity contribution in [3.63, 3.8) is 0 Å². The summed E-state index contributed by atoms with van der Waals surface area (Å²) in [5.74, 6) is 0.864. The minimum Gasteiger partial charge on any atom is -0.356 e. The maximum Gasteiger partial charge on any atom is 0.191 e. The molecule has 1 aromatic carbocycles. The van der Waals surface area contributed by atoms with Crippen molar-refractivity contribution in [1.82, 2.24) is 10.6 Å². The van der Waals surface area contributed by atoms with Gasteiger partial charge in [0, 0.05) is 26.4 Å². The molecular weight excluding hydrogens is 365 g/mol. The molecule has 0 unspecified atom stereocenters. The van der Waals surface area contributed by atoms with Gasteiger partial charge in [-0.3, -0.25) is 4.99 Å². The van der Waals surface area contributed by atoms with Crippen molar-refractivity contribution in [2.45, 2.75) is 51.8 Å². The van der Waals surface area contributed by atoms with Gasteiger partial charge >= 0.3 is 0 Å². The molecule has 5 nitrogen and oxygen atoms in total. The van der Waals surface area contributed by atoms with Gasteiger partial charge in [0.15, 0.2) is 15.8 Å². The molecule has 0 aromatic heterocycles. The lowest BCUT2D eigenvalue weighted by Gasteiger charge is -2.32. The molecule has 2 N–H and O–H groups in total. The quantitative estimate of drug-likeness (QED) is 0.547. The Hall–Kier alpha value is -1.63. The van der Waals surface area contributed by atoms with Gasteiger partial charge in [-0.1, -0.05) is 32.8 Å². The number of rotatable bonds is 7. The molecule has 1 fully saturated rings. The number of hydrogen-bond acceptors (Lipinski definition) is 3. The van der Waals surface area contributed by atoms with Crippen LogP contribution in [0, 0.1) is 17.2 Å². The Kier molecular flexibility index (Phi) is 7.25. The third-order valence-corrected chi connectivity index (χ3v) is 6.26. The van der Waals surface area contributed by atoms with Crippen molar-refractivity contribution in [2.75, 3.05) is 19.8 Å². The highest BCUT2D eigenvalue weighted by Gasteiger charge is 2.31. The maximum atomic E-state index is 13.6. The van der Waals surface area contributed by atoms with Crippen LogP contribution in [-0.2, 0) is 22.1 Å². The molecule has 1 aromatic rings. The summed E-state index contributed by atoms with van der Waals surface area (Å²) in [5.41, 5.74) is 1.40. The lowest BCUT2D eigenvalue weighted by Crippen LogP contribution is -2.43. The summed E-state index contributed by atoms with van der Waals surface area (Å²) in [5, 5.41) is 6.55. The van der Waals surface area contributed by atoms with Crippen molar-refractivity contribution in [3.05, 3.63) is 35.1 Å². The zero-order chi connectivity index (χ0) is 20.1. The molecule has 0 heterocycles. The predicted molar refractivity (Wildman–Crippen MR) is 109 cm³/mol. The van der Waals surface area contributed by atoms with E-state index in [1.54, 1.807) is 7.05 Å². The summed E-state index contributed by atoms with van der Waals surface area (Å²) >= 11 is 0. The van der Waals surface area contributed by atoms with Gasteiger partial charge in [0.05, 0.1) is 5.75 Å². The number of halogens is 1. The minimum atomic E-state index is -3.19. The average Bonchev–Trinajstić information content (AvgIpc) is 3.11. The minimum absolute atomic E-state index is 0.106.